The van der Waals surface area contributed by atoms with Gasteiger partial charge in [-0.3, -0.25) is 0 Å². The minimum Gasteiger partial charge on any atom is -0.477 e. The van der Waals surface area contributed by atoms with Crippen LogP contribution in [0.1, 0.15) is 79.3 Å². The fourth-order valence-electron chi connectivity index (χ4n) is 5.00. The van der Waals surface area contributed by atoms with Gasteiger partial charge in [0, 0.05) is 10.3 Å². The third-order valence-corrected chi connectivity index (χ3v) is 8.77. The van der Waals surface area contributed by atoms with Crippen LogP contribution in [-0.4, -0.2) is 27.7 Å². The van der Waals surface area contributed by atoms with Gasteiger partial charge in [0.2, 0.25) is 0 Å². The Morgan fingerprint density at radius 3 is 2.79 bits per heavy atom. The number of halogens is 1. The fraction of sp³-hybridized carbons (Fsp3) is 0.696. The van der Waals surface area contributed by atoms with E-state index in [-0.39, 0.29) is 16.9 Å². The molecule has 1 heterocycles. The molecule has 0 bridgehead atoms. The van der Waals surface area contributed by atoms with Crippen molar-refractivity contribution >= 4 is 28.9 Å². The van der Waals surface area contributed by atoms with Crippen molar-refractivity contribution in [2.75, 3.05) is 0 Å². The van der Waals surface area contributed by atoms with Crippen LogP contribution in [0.2, 0.25) is 0 Å². The monoisotopic (exact) mass is 424 g/mol. The van der Waals surface area contributed by atoms with Crippen LogP contribution in [0.3, 0.4) is 0 Å². The number of hydrogen-bond acceptors (Lipinski definition) is 3. The number of allylic oxidation sites excluding steroid dienone is 1. The molecule has 0 radical (unpaired) electrons. The number of carboxylic acid groups (broad SMARTS) is 1. The Hall–Kier alpha value is -0.840. The van der Waals surface area contributed by atoms with Gasteiger partial charge < -0.3 is 10.2 Å². The van der Waals surface area contributed by atoms with Crippen LogP contribution in [0.4, 0.5) is 0 Å². The number of aryl methyl sites for hydroxylation is 1. The van der Waals surface area contributed by atoms with E-state index in [0.717, 1.165) is 62.7 Å². The van der Waals surface area contributed by atoms with Gasteiger partial charge in [-0.1, -0.05) is 25.5 Å². The highest BCUT2D eigenvalue weighted by molar-refractivity contribution is 7.13. The molecule has 2 unspecified atom stereocenters. The third-order valence-electron chi connectivity index (χ3n) is 7.12. The number of carboxylic acids is 1. The summed E-state index contributed by atoms with van der Waals surface area (Å²) >= 11 is 7.99. The summed E-state index contributed by atoms with van der Waals surface area (Å²) in [4.78, 5) is 12.6. The summed E-state index contributed by atoms with van der Waals surface area (Å²) in [7, 11) is 0. The zero-order chi connectivity index (χ0) is 20.1. The summed E-state index contributed by atoms with van der Waals surface area (Å²) < 4.78 is 0. The summed E-state index contributed by atoms with van der Waals surface area (Å²) in [5.74, 6) is 0.153. The van der Waals surface area contributed by atoms with E-state index < -0.39 is 5.97 Å². The summed E-state index contributed by atoms with van der Waals surface area (Å²) in [6.07, 6.45) is 15.0. The maximum Gasteiger partial charge on any atom is 0.345 e. The molecule has 28 heavy (non-hydrogen) atoms. The quantitative estimate of drug-likeness (QED) is 0.342. The van der Waals surface area contributed by atoms with Crippen molar-refractivity contribution in [3.8, 4) is 0 Å². The van der Waals surface area contributed by atoms with Gasteiger partial charge in [-0.25, -0.2) is 4.79 Å². The molecular weight excluding hydrogens is 392 g/mol. The zero-order valence-electron chi connectivity index (χ0n) is 16.8. The number of hydrogen-bond donors (Lipinski definition) is 2. The Morgan fingerprint density at radius 1 is 1.39 bits per heavy atom. The molecule has 0 amide bonds. The third kappa shape index (κ3) is 5.01. The second-order valence-electron chi connectivity index (χ2n) is 8.64. The van der Waals surface area contributed by atoms with Crippen molar-refractivity contribution in [3.05, 3.63) is 34.0 Å². The molecule has 1 aromatic heterocycles. The smallest absolute Gasteiger partial charge is 0.345 e. The first-order chi connectivity index (χ1) is 13.4. The summed E-state index contributed by atoms with van der Waals surface area (Å²) in [5, 5.41) is 19.8. The fourth-order valence-corrected chi connectivity index (χ4v) is 6.31. The molecule has 2 aliphatic rings. The second-order valence-corrected chi connectivity index (χ2v) is 10.4. The predicted molar refractivity (Wildman–Crippen MR) is 116 cm³/mol. The van der Waals surface area contributed by atoms with E-state index in [2.05, 4.69) is 19.1 Å². The molecule has 2 saturated carbocycles. The Bertz CT molecular complexity index is 674. The van der Waals surface area contributed by atoms with Gasteiger partial charge >= 0.3 is 5.97 Å². The number of alkyl halides is 1. The van der Waals surface area contributed by atoms with Crippen LogP contribution in [0.15, 0.2) is 24.3 Å². The number of rotatable bonds is 10. The average Bonchev–Trinajstić information content (AvgIpc) is 3.23. The molecule has 5 heteroatoms. The molecule has 156 valence electrons. The number of thiophene rings is 1. The number of aromatic carboxylic acids is 1. The molecule has 0 aliphatic heterocycles. The second kappa shape index (κ2) is 9.77. The molecule has 3 nitrogen and oxygen atoms in total. The lowest BCUT2D eigenvalue weighted by Gasteiger charge is -2.45. The highest BCUT2D eigenvalue weighted by atomic mass is 35.5. The zero-order valence-corrected chi connectivity index (χ0v) is 18.4. The molecule has 2 N–H and O–H groups in total. The number of carbonyl (C=O) groups is 1. The normalized spacial score (nSPS) is 27.8. The van der Waals surface area contributed by atoms with E-state index in [9.17, 15) is 9.90 Å². The van der Waals surface area contributed by atoms with Crippen LogP contribution in [0.25, 0.3) is 0 Å². The average molecular weight is 425 g/mol. The standard InChI is InChI=1S/C23H33ClO3S/c1-2-23(14-5-15-23)21(25)9-4-8-18-16(10-12-19(18)24)6-3-7-17-11-13-20(28-17)22(26)27/h4,8,11,13,16,18-19,21,25H,2-3,5-7,9-10,12,14-15H2,1H3,(H,26,27)/b8-4+/t16-,18?,19-,21?/m0/s1. The molecule has 0 spiro atoms. The minimum absolute atomic E-state index is 0.162. The lowest BCUT2D eigenvalue weighted by molar-refractivity contribution is -0.0355. The first-order valence-electron chi connectivity index (χ1n) is 10.8. The van der Waals surface area contributed by atoms with Crippen LogP contribution >= 0.6 is 22.9 Å². The Labute approximate surface area is 177 Å². The van der Waals surface area contributed by atoms with Gasteiger partial charge in [0.1, 0.15) is 4.88 Å². The van der Waals surface area contributed by atoms with Crippen LogP contribution in [-0.2, 0) is 6.42 Å². The van der Waals surface area contributed by atoms with E-state index in [0.29, 0.717) is 16.7 Å². The summed E-state index contributed by atoms with van der Waals surface area (Å²) in [6.45, 7) is 2.20. The van der Waals surface area contributed by atoms with Crippen molar-refractivity contribution in [1.29, 1.82) is 0 Å². The molecule has 4 atom stereocenters. The highest BCUT2D eigenvalue weighted by Gasteiger charge is 2.41. The highest BCUT2D eigenvalue weighted by Crippen LogP contribution is 2.48. The van der Waals surface area contributed by atoms with Crippen molar-refractivity contribution in [2.24, 2.45) is 17.3 Å². The largest absolute Gasteiger partial charge is 0.477 e. The lowest BCUT2D eigenvalue weighted by Crippen LogP contribution is -2.40. The molecule has 0 aromatic carbocycles. The Balaban J connectivity index is 1.47. The van der Waals surface area contributed by atoms with E-state index in [1.807, 2.05) is 6.07 Å². The first kappa shape index (κ1) is 21.9. The Morgan fingerprint density at radius 2 is 2.18 bits per heavy atom. The minimum atomic E-state index is -0.837. The van der Waals surface area contributed by atoms with Crippen LogP contribution < -0.4 is 0 Å². The van der Waals surface area contributed by atoms with Gasteiger partial charge in [0.15, 0.2) is 0 Å². The maximum atomic E-state index is 11.0. The van der Waals surface area contributed by atoms with Gasteiger partial charge in [-0.05, 0) is 87.2 Å². The first-order valence-corrected chi connectivity index (χ1v) is 12.0. The molecule has 3 rings (SSSR count). The number of aliphatic hydroxyl groups is 1. The van der Waals surface area contributed by atoms with Gasteiger partial charge in [0.05, 0.1) is 6.10 Å². The summed E-state index contributed by atoms with van der Waals surface area (Å²) in [5.41, 5.74) is 0.162. The molecule has 1 aromatic rings. The lowest BCUT2D eigenvalue weighted by atomic mass is 9.63. The van der Waals surface area contributed by atoms with E-state index >= 15 is 0 Å². The topological polar surface area (TPSA) is 57.5 Å². The van der Waals surface area contributed by atoms with Crippen LogP contribution in [0.5, 0.6) is 0 Å². The maximum absolute atomic E-state index is 11.0. The van der Waals surface area contributed by atoms with Crippen molar-refractivity contribution in [1.82, 2.24) is 0 Å². The van der Waals surface area contributed by atoms with E-state index in [1.54, 1.807) is 6.07 Å². The van der Waals surface area contributed by atoms with Gasteiger partial charge in [-0.15, -0.1) is 22.9 Å². The molecule has 2 fully saturated rings. The van der Waals surface area contributed by atoms with Gasteiger partial charge in [-0.2, -0.15) is 0 Å². The van der Waals surface area contributed by atoms with Crippen LogP contribution in [0, 0.1) is 17.3 Å². The van der Waals surface area contributed by atoms with Crippen molar-refractivity contribution < 1.29 is 15.0 Å². The SMILES string of the molecule is CCC1(C(O)C/C=C/C2[C@@H](CCCc3ccc(C(=O)O)s3)CC[C@@H]2Cl)CCC1. The van der Waals surface area contributed by atoms with Gasteiger partial charge in [0.25, 0.3) is 0 Å². The van der Waals surface area contributed by atoms with E-state index in [1.165, 1.54) is 17.8 Å². The van der Waals surface area contributed by atoms with Crippen molar-refractivity contribution in [2.45, 2.75) is 82.6 Å². The summed E-state index contributed by atoms with van der Waals surface area (Å²) in [6, 6.07) is 3.64. The predicted octanol–water partition coefficient (Wildman–Crippen LogP) is 6.29. The van der Waals surface area contributed by atoms with E-state index in [4.69, 9.17) is 16.7 Å². The molecule has 0 saturated heterocycles. The molecular formula is C23H33ClO3S. The number of aliphatic hydroxyl groups excluding tert-OH is 1. The van der Waals surface area contributed by atoms with Crippen molar-refractivity contribution in [3.63, 3.8) is 0 Å². The molecule has 2 aliphatic carbocycles. The Kier molecular flexibility index (Phi) is 7.63.